The van der Waals surface area contributed by atoms with Crippen molar-refractivity contribution >= 4 is 6.09 Å². The van der Waals surface area contributed by atoms with Crippen molar-refractivity contribution in [1.82, 2.24) is 9.99 Å². The van der Waals surface area contributed by atoms with Crippen LogP contribution in [0, 0.1) is 0 Å². The van der Waals surface area contributed by atoms with E-state index in [0.29, 0.717) is 5.76 Å². The highest BCUT2D eigenvalue weighted by Gasteiger charge is 2.20. The van der Waals surface area contributed by atoms with Crippen LogP contribution in [0.25, 0.3) is 0 Å². The largest absolute Gasteiger partial charge is 0.447 e. The SMILES string of the molecule is CC(C)(C)OC(=O)N(N)Cc1cnco1. The van der Waals surface area contributed by atoms with E-state index in [-0.39, 0.29) is 6.54 Å². The molecule has 1 amide bonds. The summed E-state index contributed by atoms with van der Waals surface area (Å²) in [5, 5.41) is 0.936. The van der Waals surface area contributed by atoms with Gasteiger partial charge in [0, 0.05) is 0 Å². The highest BCUT2D eigenvalue weighted by atomic mass is 16.6. The van der Waals surface area contributed by atoms with Crippen LogP contribution < -0.4 is 5.84 Å². The minimum Gasteiger partial charge on any atom is -0.447 e. The van der Waals surface area contributed by atoms with Crippen molar-refractivity contribution < 1.29 is 13.9 Å². The zero-order chi connectivity index (χ0) is 11.5. The van der Waals surface area contributed by atoms with Crippen LogP contribution in [0.3, 0.4) is 0 Å². The van der Waals surface area contributed by atoms with Gasteiger partial charge < -0.3 is 9.15 Å². The van der Waals surface area contributed by atoms with E-state index in [1.807, 2.05) is 0 Å². The van der Waals surface area contributed by atoms with Gasteiger partial charge in [-0.2, -0.15) is 0 Å². The molecule has 0 unspecified atom stereocenters. The zero-order valence-electron chi connectivity index (χ0n) is 9.06. The molecule has 1 aromatic heterocycles. The second-order valence-electron chi connectivity index (χ2n) is 4.08. The molecule has 0 aliphatic rings. The summed E-state index contributed by atoms with van der Waals surface area (Å²) in [6.45, 7) is 5.45. The van der Waals surface area contributed by atoms with E-state index < -0.39 is 11.7 Å². The maximum atomic E-state index is 11.4. The number of oxazole rings is 1. The summed E-state index contributed by atoms with van der Waals surface area (Å²) >= 11 is 0. The molecule has 0 spiro atoms. The zero-order valence-corrected chi connectivity index (χ0v) is 9.06. The highest BCUT2D eigenvalue weighted by molar-refractivity contribution is 5.67. The summed E-state index contributed by atoms with van der Waals surface area (Å²) in [5.74, 6) is 5.99. The van der Waals surface area contributed by atoms with Crippen molar-refractivity contribution in [3.8, 4) is 0 Å². The van der Waals surface area contributed by atoms with Gasteiger partial charge in [-0.1, -0.05) is 0 Å². The number of ether oxygens (including phenoxy) is 1. The molecule has 1 aromatic rings. The molecule has 0 saturated heterocycles. The summed E-state index contributed by atoms with van der Waals surface area (Å²) in [7, 11) is 0. The Kier molecular flexibility index (Phi) is 3.31. The van der Waals surface area contributed by atoms with Crippen LogP contribution in [0.4, 0.5) is 4.79 Å². The van der Waals surface area contributed by atoms with Gasteiger partial charge in [-0.15, -0.1) is 0 Å². The predicted octanol–water partition coefficient (Wildman–Crippen LogP) is 1.29. The van der Waals surface area contributed by atoms with E-state index in [9.17, 15) is 4.79 Å². The Morgan fingerprint density at radius 1 is 1.67 bits per heavy atom. The van der Waals surface area contributed by atoms with E-state index in [1.165, 1.54) is 12.6 Å². The third-order valence-electron chi connectivity index (χ3n) is 1.44. The Balaban J connectivity index is 2.47. The third kappa shape index (κ3) is 3.99. The lowest BCUT2D eigenvalue weighted by Gasteiger charge is -2.23. The summed E-state index contributed by atoms with van der Waals surface area (Å²) in [5.41, 5.74) is -0.559. The molecular formula is C9H15N3O3. The summed E-state index contributed by atoms with van der Waals surface area (Å²) in [6.07, 6.45) is 2.17. The van der Waals surface area contributed by atoms with Crippen molar-refractivity contribution in [2.75, 3.05) is 0 Å². The van der Waals surface area contributed by atoms with Gasteiger partial charge in [-0.3, -0.25) is 0 Å². The topological polar surface area (TPSA) is 81.6 Å². The molecule has 0 aliphatic carbocycles. The van der Waals surface area contributed by atoms with Gasteiger partial charge in [0.15, 0.2) is 6.39 Å². The van der Waals surface area contributed by atoms with Gasteiger partial charge in [0.2, 0.25) is 0 Å². The Morgan fingerprint density at radius 2 is 2.33 bits per heavy atom. The van der Waals surface area contributed by atoms with E-state index in [2.05, 4.69) is 4.98 Å². The van der Waals surface area contributed by atoms with Crippen molar-refractivity contribution in [2.45, 2.75) is 32.9 Å². The first-order valence-corrected chi connectivity index (χ1v) is 4.51. The van der Waals surface area contributed by atoms with Crippen LogP contribution in [0.5, 0.6) is 0 Å². The van der Waals surface area contributed by atoms with E-state index >= 15 is 0 Å². The van der Waals surface area contributed by atoms with Gasteiger partial charge in [-0.05, 0) is 20.8 Å². The fraction of sp³-hybridized carbons (Fsp3) is 0.556. The smallest absolute Gasteiger partial charge is 0.425 e. The van der Waals surface area contributed by atoms with E-state index in [4.69, 9.17) is 15.0 Å². The standard InChI is InChI=1S/C9H15N3O3/c1-9(2,3)15-8(13)12(10)5-7-4-11-6-14-7/h4,6H,5,10H2,1-3H3. The lowest BCUT2D eigenvalue weighted by molar-refractivity contribution is 0.0219. The fourth-order valence-electron chi connectivity index (χ4n) is 0.873. The molecule has 15 heavy (non-hydrogen) atoms. The quantitative estimate of drug-likeness (QED) is 0.454. The third-order valence-corrected chi connectivity index (χ3v) is 1.44. The normalized spacial score (nSPS) is 11.2. The lowest BCUT2D eigenvalue weighted by atomic mass is 10.2. The van der Waals surface area contributed by atoms with Gasteiger partial charge in [0.1, 0.15) is 17.9 Å². The predicted molar refractivity (Wildman–Crippen MR) is 52.5 cm³/mol. The molecule has 6 heteroatoms. The molecule has 1 heterocycles. The number of carbonyl (C=O) groups is 1. The first kappa shape index (κ1) is 11.5. The Hall–Kier alpha value is -1.56. The molecule has 0 atom stereocenters. The molecule has 0 bridgehead atoms. The minimum atomic E-state index is -0.598. The van der Waals surface area contributed by atoms with Gasteiger partial charge in [0.25, 0.3) is 0 Å². The number of carbonyl (C=O) groups excluding carboxylic acids is 1. The highest BCUT2D eigenvalue weighted by Crippen LogP contribution is 2.09. The van der Waals surface area contributed by atoms with Crippen molar-refractivity contribution in [3.63, 3.8) is 0 Å². The van der Waals surface area contributed by atoms with Crippen LogP contribution in [-0.2, 0) is 11.3 Å². The van der Waals surface area contributed by atoms with Gasteiger partial charge >= 0.3 is 6.09 Å². The lowest BCUT2D eigenvalue weighted by Crippen LogP contribution is -2.40. The molecule has 0 aromatic carbocycles. The number of hydrazine groups is 1. The Labute approximate surface area is 88.0 Å². The molecular weight excluding hydrogens is 198 g/mol. The molecule has 6 nitrogen and oxygen atoms in total. The molecule has 0 radical (unpaired) electrons. The summed E-state index contributed by atoms with van der Waals surface area (Å²) in [6, 6.07) is 0. The number of aromatic nitrogens is 1. The number of amides is 1. The summed E-state index contributed by atoms with van der Waals surface area (Å²) < 4.78 is 9.99. The maximum Gasteiger partial charge on any atom is 0.425 e. The first-order chi connectivity index (χ1) is 6.88. The number of nitrogens with zero attached hydrogens (tertiary/aromatic N) is 2. The number of hydrogen-bond donors (Lipinski definition) is 1. The van der Waals surface area contributed by atoms with E-state index in [0.717, 1.165) is 5.01 Å². The molecule has 2 N–H and O–H groups in total. The fourth-order valence-corrected chi connectivity index (χ4v) is 0.873. The first-order valence-electron chi connectivity index (χ1n) is 4.51. The summed E-state index contributed by atoms with van der Waals surface area (Å²) in [4.78, 5) is 15.1. The average molecular weight is 213 g/mol. The number of rotatable bonds is 2. The molecule has 0 saturated carbocycles. The monoisotopic (exact) mass is 213 g/mol. The second kappa shape index (κ2) is 4.31. The minimum absolute atomic E-state index is 0.134. The van der Waals surface area contributed by atoms with Crippen LogP contribution in [-0.4, -0.2) is 21.7 Å². The average Bonchev–Trinajstić information content (AvgIpc) is 2.53. The molecule has 0 aliphatic heterocycles. The van der Waals surface area contributed by atoms with Crippen LogP contribution in [0.2, 0.25) is 0 Å². The van der Waals surface area contributed by atoms with Crippen LogP contribution in [0.1, 0.15) is 26.5 Å². The number of hydrogen-bond acceptors (Lipinski definition) is 5. The van der Waals surface area contributed by atoms with Crippen LogP contribution >= 0.6 is 0 Å². The van der Waals surface area contributed by atoms with Crippen LogP contribution in [0.15, 0.2) is 17.0 Å². The van der Waals surface area contributed by atoms with E-state index in [1.54, 1.807) is 20.8 Å². The van der Waals surface area contributed by atoms with Crippen molar-refractivity contribution in [1.29, 1.82) is 0 Å². The molecule has 84 valence electrons. The molecule has 1 rings (SSSR count). The Bertz CT molecular complexity index is 316. The number of nitrogens with two attached hydrogens (primary N) is 1. The maximum absolute atomic E-state index is 11.4. The Morgan fingerprint density at radius 3 is 2.80 bits per heavy atom. The van der Waals surface area contributed by atoms with Gasteiger partial charge in [-0.25, -0.2) is 20.6 Å². The molecule has 0 fully saturated rings. The van der Waals surface area contributed by atoms with Crippen molar-refractivity contribution in [2.24, 2.45) is 5.84 Å². The van der Waals surface area contributed by atoms with Gasteiger partial charge in [0.05, 0.1) is 6.20 Å². The second-order valence-corrected chi connectivity index (χ2v) is 4.08. The van der Waals surface area contributed by atoms with Crippen molar-refractivity contribution in [3.05, 3.63) is 18.4 Å².